The van der Waals surface area contributed by atoms with Crippen LogP contribution in [0.4, 0.5) is 6.01 Å². The predicted molar refractivity (Wildman–Crippen MR) is 97.4 cm³/mol. The van der Waals surface area contributed by atoms with Crippen LogP contribution in [0.5, 0.6) is 0 Å². The molecule has 0 aliphatic heterocycles. The topological polar surface area (TPSA) is 102 Å². The van der Waals surface area contributed by atoms with Gasteiger partial charge in [-0.1, -0.05) is 41.5 Å². The molecule has 0 spiro atoms. The third-order valence-electron chi connectivity index (χ3n) is 3.24. The fourth-order valence-corrected chi connectivity index (χ4v) is 3.96. The number of nitrogens with one attached hydrogen (secondary N) is 1. The summed E-state index contributed by atoms with van der Waals surface area (Å²) in [6.07, 6.45) is 0. The Balaban J connectivity index is 1.57. The van der Waals surface area contributed by atoms with Crippen molar-refractivity contribution in [3.8, 4) is 0 Å². The van der Waals surface area contributed by atoms with Crippen LogP contribution in [-0.2, 0) is 20.4 Å². The second kappa shape index (κ2) is 8.15. The van der Waals surface area contributed by atoms with Crippen LogP contribution < -0.4 is 5.32 Å². The first-order valence-electron chi connectivity index (χ1n) is 7.61. The molecule has 0 aliphatic rings. The molecule has 0 unspecified atom stereocenters. The minimum atomic E-state index is -3.59. The molecule has 0 saturated heterocycles. The number of benzene rings is 2. The van der Waals surface area contributed by atoms with Gasteiger partial charge in [0.15, 0.2) is 9.84 Å². The van der Waals surface area contributed by atoms with Gasteiger partial charge in [-0.2, -0.15) is 0 Å². The van der Waals surface area contributed by atoms with Crippen molar-refractivity contribution in [2.45, 2.75) is 15.5 Å². The fraction of sp³-hybridized carbons (Fsp3) is 0.118. The highest BCUT2D eigenvalue weighted by atomic mass is 32.2. The van der Waals surface area contributed by atoms with E-state index >= 15 is 0 Å². The average molecular weight is 389 g/mol. The van der Waals surface area contributed by atoms with Gasteiger partial charge in [-0.3, -0.25) is 10.1 Å². The van der Waals surface area contributed by atoms with Crippen LogP contribution in [0.15, 0.2) is 74.9 Å². The zero-order valence-corrected chi connectivity index (χ0v) is 15.2. The van der Waals surface area contributed by atoms with Gasteiger partial charge in [-0.05, 0) is 24.3 Å². The summed E-state index contributed by atoms with van der Waals surface area (Å²) in [5.41, 5.74) is 0. The lowest BCUT2D eigenvalue weighted by atomic mass is 10.4. The minimum Gasteiger partial charge on any atom is -0.407 e. The summed E-state index contributed by atoms with van der Waals surface area (Å²) < 4.78 is 29.8. The van der Waals surface area contributed by atoms with Crippen LogP contribution in [0.1, 0.15) is 5.89 Å². The van der Waals surface area contributed by atoms with E-state index < -0.39 is 15.6 Å². The maximum atomic E-state index is 12.3. The normalized spacial score (nSPS) is 11.2. The number of amides is 1. The standard InChI is InChI=1S/C17H15N3O4S2/c21-15(11-25-13-7-3-1-4-8-13)18-17-20-19-16(24-17)12-26(22,23)14-9-5-2-6-10-14/h1-10H,11-12H2,(H,18,20,21). The largest absolute Gasteiger partial charge is 0.407 e. The zero-order valence-electron chi connectivity index (χ0n) is 13.5. The summed E-state index contributed by atoms with van der Waals surface area (Å²) in [4.78, 5) is 13.1. The Morgan fingerprint density at radius 2 is 1.65 bits per heavy atom. The van der Waals surface area contributed by atoms with E-state index in [0.717, 1.165) is 4.90 Å². The maximum Gasteiger partial charge on any atom is 0.322 e. The molecule has 7 nitrogen and oxygen atoms in total. The fourth-order valence-electron chi connectivity index (χ4n) is 2.06. The van der Waals surface area contributed by atoms with Gasteiger partial charge in [0.05, 0.1) is 10.6 Å². The molecule has 0 saturated carbocycles. The van der Waals surface area contributed by atoms with Gasteiger partial charge in [0.25, 0.3) is 0 Å². The van der Waals surface area contributed by atoms with Crippen molar-refractivity contribution in [2.75, 3.05) is 11.1 Å². The van der Waals surface area contributed by atoms with E-state index in [2.05, 4.69) is 15.5 Å². The average Bonchev–Trinajstić information content (AvgIpc) is 3.07. The number of anilines is 1. The lowest BCUT2D eigenvalue weighted by molar-refractivity contribution is -0.113. The van der Waals surface area contributed by atoms with Crippen molar-refractivity contribution in [3.05, 3.63) is 66.6 Å². The van der Waals surface area contributed by atoms with Crippen LogP contribution in [0.2, 0.25) is 0 Å². The van der Waals surface area contributed by atoms with Crippen LogP contribution in [-0.4, -0.2) is 30.3 Å². The first-order chi connectivity index (χ1) is 12.5. The molecule has 0 aliphatic carbocycles. The number of carbonyl (C=O) groups excluding carboxylic acids is 1. The molecule has 1 heterocycles. The third-order valence-corrected chi connectivity index (χ3v) is 5.87. The molecule has 1 amide bonds. The highest BCUT2D eigenvalue weighted by molar-refractivity contribution is 8.00. The number of carbonyl (C=O) groups is 1. The van der Waals surface area contributed by atoms with Gasteiger partial charge in [0, 0.05) is 4.90 Å². The molecule has 3 aromatic rings. The van der Waals surface area contributed by atoms with Crippen LogP contribution >= 0.6 is 11.8 Å². The maximum absolute atomic E-state index is 12.3. The second-order valence-corrected chi connectivity index (χ2v) is 8.26. The molecule has 3 rings (SSSR count). The predicted octanol–water partition coefficient (Wildman–Crippen LogP) is 2.77. The molecule has 9 heteroatoms. The third kappa shape index (κ3) is 4.93. The van der Waals surface area contributed by atoms with Crippen LogP contribution in [0.25, 0.3) is 0 Å². The molecule has 0 radical (unpaired) electrons. The van der Waals surface area contributed by atoms with E-state index in [1.165, 1.54) is 23.9 Å². The molecular formula is C17H15N3O4S2. The number of nitrogens with zero attached hydrogens (tertiary/aromatic N) is 2. The molecule has 0 fully saturated rings. The number of rotatable bonds is 7. The van der Waals surface area contributed by atoms with E-state index in [0.29, 0.717) is 0 Å². The van der Waals surface area contributed by atoms with E-state index in [1.54, 1.807) is 18.2 Å². The lowest BCUT2D eigenvalue weighted by Gasteiger charge is -2.01. The van der Waals surface area contributed by atoms with Crippen molar-refractivity contribution < 1.29 is 17.6 Å². The Labute approximate surface area is 154 Å². The molecule has 1 aromatic heterocycles. The molecular weight excluding hydrogens is 374 g/mol. The Hall–Kier alpha value is -2.65. The minimum absolute atomic E-state index is 0.0835. The second-order valence-electron chi connectivity index (χ2n) is 5.22. The first-order valence-corrected chi connectivity index (χ1v) is 10.2. The van der Waals surface area contributed by atoms with Crippen LogP contribution in [0, 0.1) is 0 Å². The van der Waals surface area contributed by atoms with Crippen LogP contribution in [0.3, 0.4) is 0 Å². The van der Waals surface area contributed by atoms with Gasteiger partial charge in [-0.25, -0.2) is 8.42 Å². The molecule has 134 valence electrons. The van der Waals surface area contributed by atoms with Crippen molar-refractivity contribution in [3.63, 3.8) is 0 Å². The van der Waals surface area contributed by atoms with Gasteiger partial charge in [0.2, 0.25) is 11.8 Å². The molecule has 2 aromatic carbocycles. The van der Waals surface area contributed by atoms with Gasteiger partial charge < -0.3 is 4.42 Å². The number of aromatic nitrogens is 2. The number of thioether (sulfide) groups is 1. The highest BCUT2D eigenvalue weighted by Gasteiger charge is 2.20. The Morgan fingerprint density at radius 1 is 1.00 bits per heavy atom. The van der Waals surface area contributed by atoms with Gasteiger partial charge in [-0.15, -0.1) is 16.9 Å². The zero-order chi connectivity index (χ0) is 18.4. The van der Waals surface area contributed by atoms with E-state index in [-0.39, 0.29) is 28.5 Å². The summed E-state index contributed by atoms with van der Waals surface area (Å²) >= 11 is 1.36. The van der Waals surface area contributed by atoms with E-state index in [4.69, 9.17) is 4.42 Å². The summed E-state index contributed by atoms with van der Waals surface area (Å²) in [6.45, 7) is 0. The van der Waals surface area contributed by atoms with E-state index in [9.17, 15) is 13.2 Å². The van der Waals surface area contributed by atoms with Crippen molar-refractivity contribution in [1.29, 1.82) is 0 Å². The monoisotopic (exact) mass is 389 g/mol. The van der Waals surface area contributed by atoms with Crippen molar-refractivity contribution in [2.24, 2.45) is 0 Å². The quantitative estimate of drug-likeness (QED) is 0.620. The SMILES string of the molecule is O=C(CSc1ccccc1)Nc1nnc(CS(=O)(=O)c2ccccc2)o1. The van der Waals surface area contributed by atoms with Gasteiger partial charge in [0.1, 0.15) is 5.75 Å². The first kappa shape index (κ1) is 18.2. The molecule has 0 atom stereocenters. The smallest absolute Gasteiger partial charge is 0.322 e. The summed E-state index contributed by atoms with van der Waals surface area (Å²) in [5, 5.41) is 9.81. The molecule has 0 bridgehead atoms. The Bertz CT molecular complexity index is 974. The highest BCUT2D eigenvalue weighted by Crippen LogP contribution is 2.18. The molecule has 1 N–H and O–H groups in total. The Kier molecular flexibility index (Phi) is 5.69. The van der Waals surface area contributed by atoms with Crippen molar-refractivity contribution >= 4 is 33.5 Å². The summed E-state index contributed by atoms with van der Waals surface area (Å²) in [5.74, 6) is -0.664. The molecule has 26 heavy (non-hydrogen) atoms. The van der Waals surface area contributed by atoms with Gasteiger partial charge >= 0.3 is 6.01 Å². The lowest BCUT2D eigenvalue weighted by Crippen LogP contribution is -2.14. The Morgan fingerprint density at radius 3 is 2.35 bits per heavy atom. The van der Waals surface area contributed by atoms with E-state index in [1.807, 2.05) is 30.3 Å². The van der Waals surface area contributed by atoms with Crippen molar-refractivity contribution in [1.82, 2.24) is 10.2 Å². The summed E-state index contributed by atoms with van der Waals surface area (Å²) in [6, 6.07) is 17.3. The number of sulfone groups is 1. The number of hydrogen-bond acceptors (Lipinski definition) is 7. The summed E-state index contributed by atoms with van der Waals surface area (Å²) in [7, 11) is -3.59. The number of hydrogen-bond donors (Lipinski definition) is 1.